The summed E-state index contributed by atoms with van der Waals surface area (Å²) in [5, 5.41) is 1.73. The van der Waals surface area contributed by atoms with Crippen molar-refractivity contribution in [1.82, 2.24) is 14.6 Å². The van der Waals surface area contributed by atoms with Crippen LogP contribution in [0.5, 0.6) is 5.88 Å². The van der Waals surface area contributed by atoms with E-state index in [2.05, 4.69) is 9.71 Å². The molecule has 1 aromatic carbocycles. The first-order chi connectivity index (χ1) is 12.4. The van der Waals surface area contributed by atoms with Gasteiger partial charge in [-0.3, -0.25) is 4.79 Å². The van der Waals surface area contributed by atoms with E-state index in [1.807, 2.05) is 24.3 Å². The van der Waals surface area contributed by atoms with Crippen LogP contribution in [0.25, 0.3) is 10.8 Å². The number of nitrogens with zero attached hydrogens (tertiary/aromatic N) is 2. The molecule has 1 aliphatic rings. The number of carbonyl (C=O) groups is 1. The third-order valence-electron chi connectivity index (χ3n) is 4.59. The number of rotatable bonds is 5. The maximum absolute atomic E-state index is 13.1. The standard InChI is InChI=1S/C18H23N3O4S/c1-25-17-15-9-4-3-7-13(15)11-16(20-17)18(22)21-10-6-5-8-14(21)12-19-26(2,23)24/h3-4,7,9,11,14,19H,5-6,8,10,12H2,1-2H3/t14-/m1/s1. The van der Waals surface area contributed by atoms with Crippen LogP contribution in [-0.4, -0.2) is 56.7 Å². The molecule has 0 saturated carbocycles. The van der Waals surface area contributed by atoms with Crippen molar-refractivity contribution >= 4 is 26.7 Å². The quantitative estimate of drug-likeness (QED) is 0.858. The second kappa shape index (κ2) is 7.59. The van der Waals surface area contributed by atoms with Crippen LogP contribution in [-0.2, 0) is 10.0 Å². The predicted octanol–water partition coefficient (Wildman–Crippen LogP) is 1.79. The van der Waals surface area contributed by atoms with Gasteiger partial charge in [0.15, 0.2) is 0 Å². The SMILES string of the molecule is COc1nc(C(=O)N2CCCC[C@@H]2CNS(C)(=O)=O)cc2ccccc12. The zero-order chi connectivity index (χ0) is 18.7. The molecule has 0 unspecified atom stereocenters. The predicted molar refractivity (Wildman–Crippen MR) is 99.8 cm³/mol. The molecule has 7 nitrogen and oxygen atoms in total. The van der Waals surface area contributed by atoms with Crippen LogP contribution in [0.15, 0.2) is 30.3 Å². The fraction of sp³-hybridized carbons (Fsp3) is 0.444. The topological polar surface area (TPSA) is 88.6 Å². The van der Waals surface area contributed by atoms with E-state index < -0.39 is 10.0 Å². The Bertz CT molecular complexity index is 914. The van der Waals surface area contributed by atoms with Gasteiger partial charge in [0.1, 0.15) is 5.69 Å². The highest BCUT2D eigenvalue weighted by Gasteiger charge is 2.29. The van der Waals surface area contributed by atoms with Gasteiger partial charge in [-0.2, -0.15) is 0 Å². The molecule has 0 spiro atoms. The smallest absolute Gasteiger partial charge is 0.272 e. The van der Waals surface area contributed by atoms with Crippen molar-refractivity contribution in [3.05, 3.63) is 36.0 Å². The molecule has 8 heteroatoms. The number of sulfonamides is 1. The molecule has 3 rings (SSSR count). The van der Waals surface area contributed by atoms with E-state index in [9.17, 15) is 13.2 Å². The van der Waals surface area contributed by atoms with Crippen LogP contribution < -0.4 is 9.46 Å². The van der Waals surface area contributed by atoms with Crippen LogP contribution in [0, 0.1) is 0 Å². The minimum absolute atomic E-state index is 0.176. The first-order valence-corrected chi connectivity index (χ1v) is 10.5. The number of amides is 1. The van der Waals surface area contributed by atoms with E-state index >= 15 is 0 Å². The average Bonchev–Trinajstić information content (AvgIpc) is 2.64. The number of hydrogen-bond acceptors (Lipinski definition) is 5. The van der Waals surface area contributed by atoms with Gasteiger partial charge in [-0.05, 0) is 36.8 Å². The molecule has 140 valence electrons. The number of fused-ring (bicyclic) bond motifs is 1. The van der Waals surface area contributed by atoms with Gasteiger partial charge in [0, 0.05) is 24.5 Å². The van der Waals surface area contributed by atoms with Crippen molar-refractivity contribution in [2.45, 2.75) is 25.3 Å². The Kier molecular flexibility index (Phi) is 5.43. The summed E-state index contributed by atoms with van der Waals surface area (Å²) in [6.45, 7) is 0.807. The summed E-state index contributed by atoms with van der Waals surface area (Å²) >= 11 is 0. The van der Waals surface area contributed by atoms with Crippen molar-refractivity contribution < 1.29 is 17.9 Å². The molecule has 1 saturated heterocycles. The molecule has 1 fully saturated rings. The van der Waals surface area contributed by atoms with Crippen LogP contribution in [0.2, 0.25) is 0 Å². The van der Waals surface area contributed by atoms with Gasteiger partial charge in [0.2, 0.25) is 15.9 Å². The molecule has 1 amide bonds. The Morgan fingerprint density at radius 3 is 2.85 bits per heavy atom. The molecule has 0 aliphatic carbocycles. The van der Waals surface area contributed by atoms with Gasteiger partial charge in [-0.15, -0.1) is 0 Å². The maximum Gasteiger partial charge on any atom is 0.272 e. The Morgan fingerprint density at radius 1 is 1.35 bits per heavy atom. The van der Waals surface area contributed by atoms with Crippen LogP contribution in [0.4, 0.5) is 0 Å². The molecule has 0 bridgehead atoms. The second-order valence-electron chi connectivity index (χ2n) is 6.51. The second-order valence-corrected chi connectivity index (χ2v) is 8.34. The third-order valence-corrected chi connectivity index (χ3v) is 5.28. The summed E-state index contributed by atoms with van der Waals surface area (Å²) in [4.78, 5) is 19.2. The fourth-order valence-corrected chi connectivity index (χ4v) is 3.80. The summed E-state index contributed by atoms with van der Waals surface area (Å²) < 4.78 is 30.7. The third kappa shape index (κ3) is 4.13. The number of nitrogens with one attached hydrogen (secondary N) is 1. The van der Waals surface area contributed by atoms with Crippen LogP contribution >= 0.6 is 0 Å². The zero-order valence-corrected chi connectivity index (χ0v) is 15.8. The monoisotopic (exact) mass is 377 g/mol. The molecule has 1 atom stereocenters. The van der Waals surface area contributed by atoms with Crippen molar-refractivity contribution in [1.29, 1.82) is 0 Å². The minimum Gasteiger partial charge on any atom is -0.481 e. The summed E-state index contributed by atoms with van der Waals surface area (Å²) in [5.41, 5.74) is 0.312. The highest BCUT2D eigenvalue weighted by Crippen LogP contribution is 2.26. The maximum atomic E-state index is 13.1. The molecule has 2 aromatic rings. The number of carbonyl (C=O) groups excluding carboxylic acids is 1. The lowest BCUT2D eigenvalue weighted by Gasteiger charge is -2.35. The number of piperidine rings is 1. The first-order valence-electron chi connectivity index (χ1n) is 8.58. The number of benzene rings is 1. The lowest BCUT2D eigenvalue weighted by atomic mass is 10.0. The Labute approximate surface area is 153 Å². The highest BCUT2D eigenvalue weighted by atomic mass is 32.2. The number of likely N-dealkylation sites (tertiary alicyclic amines) is 1. The van der Waals surface area contributed by atoms with Gasteiger partial charge in [0.05, 0.1) is 13.4 Å². The van der Waals surface area contributed by atoms with Crippen molar-refractivity contribution in [3.8, 4) is 5.88 Å². The van der Waals surface area contributed by atoms with E-state index in [1.165, 1.54) is 7.11 Å². The highest BCUT2D eigenvalue weighted by molar-refractivity contribution is 7.88. The molecule has 26 heavy (non-hydrogen) atoms. The number of ether oxygens (including phenoxy) is 1. The molecule has 0 radical (unpaired) electrons. The molecule has 1 N–H and O–H groups in total. The molecule has 1 aromatic heterocycles. The van der Waals surface area contributed by atoms with E-state index in [0.717, 1.165) is 36.3 Å². The Morgan fingerprint density at radius 2 is 2.12 bits per heavy atom. The molecule has 2 heterocycles. The normalized spacial score (nSPS) is 18.1. The Balaban J connectivity index is 1.90. The zero-order valence-electron chi connectivity index (χ0n) is 14.9. The molecular formula is C18H23N3O4S. The van der Waals surface area contributed by atoms with Gasteiger partial charge >= 0.3 is 0 Å². The Hall–Kier alpha value is -2.19. The van der Waals surface area contributed by atoms with Crippen LogP contribution in [0.1, 0.15) is 29.8 Å². The summed E-state index contributed by atoms with van der Waals surface area (Å²) in [5.74, 6) is 0.211. The number of aromatic nitrogens is 1. The number of pyridine rings is 1. The summed E-state index contributed by atoms with van der Waals surface area (Å²) in [6.07, 6.45) is 3.75. The van der Waals surface area contributed by atoms with Crippen molar-refractivity contribution in [2.24, 2.45) is 0 Å². The van der Waals surface area contributed by atoms with Gasteiger partial charge in [-0.25, -0.2) is 18.1 Å². The van der Waals surface area contributed by atoms with E-state index in [1.54, 1.807) is 11.0 Å². The van der Waals surface area contributed by atoms with Gasteiger partial charge in [-0.1, -0.05) is 18.2 Å². The van der Waals surface area contributed by atoms with Gasteiger partial charge < -0.3 is 9.64 Å². The lowest BCUT2D eigenvalue weighted by Crippen LogP contribution is -2.49. The van der Waals surface area contributed by atoms with E-state index in [4.69, 9.17) is 4.74 Å². The average molecular weight is 377 g/mol. The minimum atomic E-state index is -3.30. The van der Waals surface area contributed by atoms with Crippen molar-refractivity contribution in [3.63, 3.8) is 0 Å². The first kappa shape index (κ1) is 18.6. The summed E-state index contributed by atoms with van der Waals surface area (Å²) in [7, 11) is -1.77. The fourth-order valence-electron chi connectivity index (χ4n) is 3.31. The number of hydrogen-bond donors (Lipinski definition) is 1. The van der Waals surface area contributed by atoms with E-state index in [-0.39, 0.29) is 18.5 Å². The van der Waals surface area contributed by atoms with Crippen molar-refractivity contribution in [2.75, 3.05) is 26.5 Å². The lowest BCUT2D eigenvalue weighted by molar-refractivity contribution is 0.0612. The number of methoxy groups -OCH3 is 1. The van der Waals surface area contributed by atoms with Gasteiger partial charge in [0.25, 0.3) is 5.91 Å². The van der Waals surface area contributed by atoms with Crippen LogP contribution in [0.3, 0.4) is 0 Å². The van der Waals surface area contributed by atoms with E-state index in [0.29, 0.717) is 18.1 Å². The molecule has 1 aliphatic heterocycles. The summed E-state index contributed by atoms with van der Waals surface area (Å²) in [6, 6.07) is 9.19. The largest absolute Gasteiger partial charge is 0.481 e. The molecular weight excluding hydrogens is 354 g/mol.